The van der Waals surface area contributed by atoms with Crippen molar-refractivity contribution in [3.8, 4) is 0 Å². The minimum absolute atomic E-state index is 0.203. The quantitative estimate of drug-likeness (QED) is 0.224. The second-order valence-corrected chi connectivity index (χ2v) is 9.68. The molecule has 2 heterocycles. The van der Waals surface area contributed by atoms with E-state index in [-0.39, 0.29) is 11.7 Å². The highest BCUT2D eigenvalue weighted by atomic mass is 32.2. The van der Waals surface area contributed by atoms with Crippen LogP contribution >= 0.6 is 34.9 Å². The fourth-order valence-corrected chi connectivity index (χ4v) is 5.53. The summed E-state index contributed by atoms with van der Waals surface area (Å²) in [5, 5.41) is 15.0. The Hall–Kier alpha value is -2.62. The molecule has 0 bridgehead atoms. The van der Waals surface area contributed by atoms with Crippen molar-refractivity contribution in [2.45, 2.75) is 21.4 Å². The maximum Gasteiger partial charge on any atom is 0.250 e. The van der Waals surface area contributed by atoms with Gasteiger partial charge in [0.25, 0.3) is 5.91 Å². The number of benzene rings is 2. The van der Waals surface area contributed by atoms with Crippen LogP contribution < -0.4 is 5.43 Å². The van der Waals surface area contributed by atoms with Gasteiger partial charge in [-0.3, -0.25) is 4.79 Å². The molecule has 0 aliphatic carbocycles. The SMILES string of the molecule is C/C(=N\NC(=O)CSc1nnc(SCc2cccc3ccccc23)s1)c1ccco1. The lowest BCUT2D eigenvalue weighted by atomic mass is 10.1. The Labute approximate surface area is 186 Å². The van der Waals surface area contributed by atoms with Crippen LogP contribution in [-0.2, 0) is 10.5 Å². The van der Waals surface area contributed by atoms with E-state index in [1.165, 1.54) is 39.4 Å². The predicted octanol–water partition coefficient (Wildman–Crippen LogP) is 5.21. The van der Waals surface area contributed by atoms with E-state index >= 15 is 0 Å². The molecule has 0 atom stereocenters. The maximum atomic E-state index is 12.0. The van der Waals surface area contributed by atoms with Crippen LogP contribution in [-0.4, -0.2) is 27.6 Å². The topological polar surface area (TPSA) is 80.4 Å². The number of aromatic nitrogens is 2. The van der Waals surface area contributed by atoms with Gasteiger partial charge in [0.1, 0.15) is 11.5 Å². The summed E-state index contributed by atoms with van der Waals surface area (Å²) in [6.45, 7) is 1.77. The van der Waals surface area contributed by atoms with Crippen LogP contribution in [0, 0.1) is 0 Å². The molecule has 0 saturated heterocycles. The maximum absolute atomic E-state index is 12.0. The third-order valence-electron chi connectivity index (χ3n) is 4.17. The summed E-state index contributed by atoms with van der Waals surface area (Å²) in [4.78, 5) is 12.0. The highest BCUT2D eigenvalue weighted by Crippen LogP contribution is 2.32. The van der Waals surface area contributed by atoms with Gasteiger partial charge in [0.2, 0.25) is 0 Å². The highest BCUT2D eigenvalue weighted by molar-refractivity contribution is 8.03. The Bertz CT molecular complexity index is 1170. The molecule has 0 radical (unpaired) electrons. The average Bonchev–Trinajstić information content (AvgIpc) is 3.47. The molecular weight excluding hydrogens is 436 g/mol. The van der Waals surface area contributed by atoms with Crippen molar-refractivity contribution >= 4 is 57.3 Å². The third kappa shape index (κ3) is 5.29. The molecule has 0 fully saturated rings. The van der Waals surface area contributed by atoms with Gasteiger partial charge in [0, 0.05) is 5.75 Å². The van der Waals surface area contributed by atoms with E-state index < -0.39 is 0 Å². The van der Waals surface area contributed by atoms with Crippen molar-refractivity contribution in [3.05, 3.63) is 72.2 Å². The summed E-state index contributed by atoms with van der Waals surface area (Å²) in [6, 6.07) is 18.3. The Morgan fingerprint density at radius 3 is 2.70 bits per heavy atom. The number of nitrogens with zero attached hydrogens (tertiary/aromatic N) is 3. The molecule has 0 aliphatic heterocycles. The molecule has 30 heavy (non-hydrogen) atoms. The summed E-state index contributed by atoms with van der Waals surface area (Å²) in [6.07, 6.45) is 1.57. The van der Waals surface area contributed by atoms with Crippen LogP contribution in [0.1, 0.15) is 18.2 Å². The van der Waals surface area contributed by atoms with Crippen molar-refractivity contribution in [2.75, 3.05) is 5.75 Å². The minimum atomic E-state index is -0.203. The number of nitrogens with one attached hydrogen (secondary N) is 1. The molecule has 152 valence electrons. The standard InChI is InChI=1S/C21H18N4O2S3/c1-14(18-10-5-11-27-18)22-23-19(26)13-29-21-25-24-20(30-21)28-12-16-8-4-7-15-6-2-3-9-17(15)16/h2-11H,12-13H2,1H3,(H,23,26)/b22-14+. The first kappa shape index (κ1) is 20.6. The van der Waals surface area contributed by atoms with E-state index in [0.717, 1.165) is 14.4 Å². The molecule has 0 saturated carbocycles. The number of thioether (sulfide) groups is 2. The van der Waals surface area contributed by atoms with Crippen molar-refractivity contribution in [1.82, 2.24) is 15.6 Å². The number of hydrogen-bond donors (Lipinski definition) is 1. The van der Waals surface area contributed by atoms with Gasteiger partial charge >= 0.3 is 0 Å². The lowest BCUT2D eigenvalue weighted by Gasteiger charge is -2.04. The summed E-state index contributed by atoms with van der Waals surface area (Å²) < 4.78 is 6.88. The molecule has 1 amide bonds. The molecule has 6 nitrogen and oxygen atoms in total. The molecule has 0 aliphatic rings. The molecule has 1 N–H and O–H groups in total. The number of carbonyl (C=O) groups excluding carboxylic acids is 1. The van der Waals surface area contributed by atoms with Gasteiger partial charge in [-0.2, -0.15) is 5.10 Å². The van der Waals surface area contributed by atoms with Gasteiger partial charge in [-0.15, -0.1) is 10.2 Å². The predicted molar refractivity (Wildman–Crippen MR) is 123 cm³/mol. The minimum Gasteiger partial charge on any atom is -0.463 e. The zero-order valence-electron chi connectivity index (χ0n) is 16.1. The molecule has 2 aromatic heterocycles. The highest BCUT2D eigenvalue weighted by Gasteiger charge is 2.10. The van der Waals surface area contributed by atoms with E-state index in [1.807, 2.05) is 6.07 Å². The Balaban J connectivity index is 1.28. The lowest BCUT2D eigenvalue weighted by Crippen LogP contribution is -2.21. The van der Waals surface area contributed by atoms with Crippen LogP contribution in [0.25, 0.3) is 10.8 Å². The smallest absolute Gasteiger partial charge is 0.250 e. The van der Waals surface area contributed by atoms with Crippen molar-refractivity contribution in [1.29, 1.82) is 0 Å². The number of furan rings is 1. The molecule has 4 aromatic rings. The average molecular weight is 455 g/mol. The zero-order chi connectivity index (χ0) is 20.8. The largest absolute Gasteiger partial charge is 0.463 e. The van der Waals surface area contributed by atoms with E-state index in [0.29, 0.717) is 11.5 Å². The van der Waals surface area contributed by atoms with Crippen LogP contribution in [0.4, 0.5) is 0 Å². The second-order valence-electron chi connectivity index (χ2n) is 6.26. The Morgan fingerprint density at radius 1 is 1.07 bits per heavy atom. The van der Waals surface area contributed by atoms with Gasteiger partial charge in [-0.1, -0.05) is 77.3 Å². The van der Waals surface area contributed by atoms with Crippen molar-refractivity contribution in [3.63, 3.8) is 0 Å². The van der Waals surface area contributed by atoms with Gasteiger partial charge < -0.3 is 4.42 Å². The number of hydrazone groups is 1. The molecular formula is C21H18N4O2S3. The van der Waals surface area contributed by atoms with Crippen LogP contribution in [0.5, 0.6) is 0 Å². The number of rotatable bonds is 8. The number of amides is 1. The fourth-order valence-electron chi connectivity index (χ4n) is 2.72. The van der Waals surface area contributed by atoms with Crippen molar-refractivity contribution in [2.24, 2.45) is 5.10 Å². The van der Waals surface area contributed by atoms with E-state index in [9.17, 15) is 4.79 Å². The monoisotopic (exact) mass is 454 g/mol. The number of fused-ring (bicyclic) bond motifs is 1. The molecule has 4 rings (SSSR count). The molecule has 0 spiro atoms. The van der Waals surface area contributed by atoms with Crippen LogP contribution in [0.2, 0.25) is 0 Å². The second kappa shape index (κ2) is 9.92. The number of hydrogen-bond acceptors (Lipinski definition) is 8. The fraction of sp³-hybridized carbons (Fsp3) is 0.143. The first-order valence-electron chi connectivity index (χ1n) is 9.12. The zero-order valence-corrected chi connectivity index (χ0v) is 18.5. The normalized spacial score (nSPS) is 11.7. The van der Waals surface area contributed by atoms with Gasteiger partial charge in [-0.05, 0) is 35.4 Å². The van der Waals surface area contributed by atoms with Gasteiger partial charge in [0.05, 0.1) is 12.0 Å². The van der Waals surface area contributed by atoms with Gasteiger partial charge in [0.15, 0.2) is 8.68 Å². The molecule has 2 aromatic carbocycles. The van der Waals surface area contributed by atoms with E-state index in [2.05, 4.69) is 57.1 Å². The summed E-state index contributed by atoms with van der Waals surface area (Å²) in [7, 11) is 0. The van der Waals surface area contributed by atoms with Gasteiger partial charge in [-0.25, -0.2) is 5.43 Å². The molecule has 0 unspecified atom stereocenters. The Kier molecular flexibility index (Phi) is 6.83. The Morgan fingerprint density at radius 2 is 1.87 bits per heavy atom. The summed E-state index contributed by atoms with van der Waals surface area (Å²) >= 11 is 4.50. The van der Waals surface area contributed by atoms with Crippen LogP contribution in [0.15, 0.2) is 79.1 Å². The first-order valence-corrected chi connectivity index (χ1v) is 11.9. The summed E-state index contributed by atoms with van der Waals surface area (Å²) in [5.74, 6) is 1.46. The molecule has 9 heteroatoms. The third-order valence-corrected chi connectivity index (χ3v) is 7.41. The summed E-state index contributed by atoms with van der Waals surface area (Å²) in [5.41, 5.74) is 4.41. The van der Waals surface area contributed by atoms with E-state index in [1.54, 1.807) is 37.1 Å². The van der Waals surface area contributed by atoms with E-state index in [4.69, 9.17) is 4.42 Å². The number of carbonyl (C=O) groups is 1. The lowest BCUT2D eigenvalue weighted by molar-refractivity contribution is -0.118. The van der Waals surface area contributed by atoms with Crippen LogP contribution in [0.3, 0.4) is 0 Å². The van der Waals surface area contributed by atoms with Crippen molar-refractivity contribution < 1.29 is 9.21 Å². The first-order chi connectivity index (χ1) is 14.7.